The van der Waals surface area contributed by atoms with E-state index in [0.717, 1.165) is 6.07 Å². The minimum absolute atomic E-state index is 0. The summed E-state index contributed by atoms with van der Waals surface area (Å²) in [5, 5.41) is -0.329. The third kappa shape index (κ3) is 4.22. The zero-order chi connectivity index (χ0) is 12.3. The normalized spacial score (nSPS) is 12.8. The summed E-state index contributed by atoms with van der Waals surface area (Å²) in [6, 6.07) is 3.15. The van der Waals surface area contributed by atoms with Gasteiger partial charge in [-0.15, -0.1) is 19.0 Å². The van der Waals surface area contributed by atoms with Gasteiger partial charge in [-0.25, -0.2) is 0 Å². The van der Waals surface area contributed by atoms with Gasteiger partial charge in [-0.3, -0.25) is 0 Å². The number of hydrogen-bond acceptors (Lipinski definition) is 1. The van der Waals surface area contributed by atoms with Crippen LogP contribution in [0.1, 0.15) is 23.6 Å². The fraction of sp³-hybridized carbons (Fsp3) is 0.273. The first-order chi connectivity index (χ1) is 7.36. The Kier molecular flexibility index (Phi) is 6.02. The summed E-state index contributed by atoms with van der Waals surface area (Å²) in [7, 11) is 0. The third-order valence-electron chi connectivity index (χ3n) is 2.15. The van der Waals surface area contributed by atoms with E-state index >= 15 is 0 Å². The number of rotatable bonds is 3. The Morgan fingerprint density at radius 2 is 2.00 bits per heavy atom. The Morgan fingerprint density at radius 3 is 2.41 bits per heavy atom. The smallest absolute Gasteiger partial charge is 0.324 e. The molecule has 0 bridgehead atoms. The predicted octanol–water partition coefficient (Wildman–Crippen LogP) is 4.36. The van der Waals surface area contributed by atoms with Gasteiger partial charge in [-0.1, -0.05) is 23.7 Å². The Hall–Kier alpha value is -0.710. The Bertz CT molecular complexity index is 391. The SMILES string of the molecule is C=CC[C@H](N)c1ccc(C(F)(F)F)c(Cl)c1.Cl. The van der Waals surface area contributed by atoms with Crippen LogP contribution < -0.4 is 5.73 Å². The van der Waals surface area contributed by atoms with Crippen LogP contribution in [-0.4, -0.2) is 0 Å². The molecule has 0 aliphatic carbocycles. The average molecular weight is 286 g/mol. The van der Waals surface area contributed by atoms with Crippen molar-refractivity contribution in [2.45, 2.75) is 18.6 Å². The lowest BCUT2D eigenvalue weighted by Crippen LogP contribution is -2.11. The fourth-order valence-corrected chi connectivity index (χ4v) is 1.60. The van der Waals surface area contributed by atoms with Gasteiger partial charge in [-0.2, -0.15) is 13.2 Å². The molecular weight excluding hydrogens is 274 g/mol. The number of hydrogen-bond donors (Lipinski definition) is 1. The average Bonchev–Trinajstić information content (AvgIpc) is 2.16. The lowest BCUT2D eigenvalue weighted by atomic mass is 10.0. The van der Waals surface area contributed by atoms with E-state index < -0.39 is 11.7 Å². The maximum atomic E-state index is 12.4. The first-order valence-electron chi connectivity index (χ1n) is 4.59. The summed E-state index contributed by atoms with van der Waals surface area (Å²) < 4.78 is 37.2. The molecule has 17 heavy (non-hydrogen) atoms. The molecule has 0 aromatic heterocycles. The van der Waals surface area contributed by atoms with Crippen LogP contribution in [0, 0.1) is 0 Å². The molecule has 0 unspecified atom stereocenters. The molecule has 0 radical (unpaired) electrons. The molecule has 0 fully saturated rings. The van der Waals surface area contributed by atoms with Crippen LogP contribution in [0.4, 0.5) is 13.2 Å². The topological polar surface area (TPSA) is 26.0 Å². The molecule has 1 rings (SSSR count). The zero-order valence-corrected chi connectivity index (χ0v) is 10.4. The van der Waals surface area contributed by atoms with Crippen LogP contribution in [0.2, 0.25) is 5.02 Å². The first kappa shape index (κ1) is 16.3. The second kappa shape index (κ2) is 6.28. The predicted molar refractivity (Wildman–Crippen MR) is 65.4 cm³/mol. The molecule has 0 saturated carbocycles. The summed E-state index contributed by atoms with van der Waals surface area (Å²) in [6.07, 6.45) is -2.34. The minimum Gasteiger partial charge on any atom is -0.324 e. The monoisotopic (exact) mass is 285 g/mol. The Morgan fingerprint density at radius 1 is 1.41 bits per heavy atom. The molecule has 96 valence electrons. The van der Waals surface area contributed by atoms with E-state index in [2.05, 4.69) is 6.58 Å². The molecular formula is C11H12Cl2F3N. The lowest BCUT2D eigenvalue weighted by Gasteiger charge is -2.13. The first-order valence-corrected chi connectivity index (χ1v) is 4.97. The molecule has 0 aliphatic heterocycles. The van der Waals surface area contributed by atoms with E-state index in [1.54, 1.807) is 6.08 Å². The van der Waals surface area contributed by atoms with Gasteiger partial charge in [0.2, 0.25) is 0 Å². The molecule has 0 aliphatic rings. The van der Waals surface area contributed by atoms with Crippen molar-refractivity contribution in [1.82, 2.24) is 0 Å². The van der Waals surface area contributed by atoms with Crippen molar-refractivity contribution in [1.29, 1.82) is 0 Å². The largest absolute Gasteiger partial charge is 0.417 e. The Balaban J connectivity index is 0.00000256. The zero-order valence-electron chi connectivity index (χ0n) is 8.80. The highest BCUT2D eigenvalue weighted by atomic mass is 35.5. The van der Waals surface area contributed by atoms with Crippen molar-refractivity contribution in [3.05, 3.63) is 47.0 Å². The van der Waals surface area contributed by atoms with Crippen molar-refractivity contribution in [3.8, 4) is 0 Å². The van der Waals surface area contributed by atoms with Gasteiger partial charge in [-0.05, 0) is 24.1 Å². The molecule has 1 aromatic carbocycles. The highest BCUT2D eigenvalue weighted by Crippen LogP contribution is 2.35. The van der Waals surface area contributed by atoms with Crippen LogP contribution in [0.3, 0.4) is 0 Å². The molecule has 2 N–H and O–H groups in total. The lowest BCUT2D eigenvalue weighted by molar-refractivity contribution is -0.137. The molecule has 0 saturated heterocycles. The standard InChI is InChI=1S/C11H11ClF3N.ClH/c1-2-3-10(16)7-4-5-8(9(12)6-7)11(13,14)15;/h2,4-6,10H,1,3,16H2;1H/t10-;/m0./s1. The van der Waals surface area contributed by atoms with Gasteiger partial charge in [0.25, 0.3) is 0 Å². The van der Waals surface area contributed by atoms with Crippen molar-refractivity contribution < 1.29 is 13.2 Å². The number of alkyl halides is 3. The summed E-state index contributed by atoms with van der Waals surface area (Å²) in [4.78, 5) is 0. The summed E-state index contributed by atoms with van der Waals surface area (Å²) >= 11 is 5.56. The fourth-order valence-electron chi connectivity index (χ4n) is 1.31. The van der Waals surface area contributed by atoms with E-state index in [4.69, 9.17) is 17.3 Å². The van der Waals surface area contributed by atoms with E-state index in [-0.39, 0.29) is 23.5 Å². The van der Waals surface area contributed by atoms with Gasteiger partial charge in [0.15, 0.2) is 0 Å². The minimum atomic E-state index is -4.43. The maximum Gasteiger partial charge on any atom is 0.417 e. The quantitative estimate of drug-likeness (QED) is 0.821. The molecule has 0 heterocycles. The molecule has 1 aromatic rings. The third-order valence-corrected chi connectivity index (χ3v) is 2.46. The van der Waals surface area contributed by atoms with E-state index in [9.17, 15) is 13.2 Å². The second-order valence-corrected chi connectivity index (χ2v) is 3.78. The van der Waals surface area contributed by atoms with Crippen LogP contribution in [-0.2, 0) is 6.18 Å². The van der Waals surface area contributed by atoms with E-state index in [1.165, 1.54) is 12.1 Å². The Labute approximate surface area is 109 Å². The highest BCUT2D eigenvalue weighted by Gasteiger charge is 2.33. The number of halogens is 5. The summed E-state index contributed by atoms with van der Waals surface area (Å²) in [5.41, 5.74) is 5.45. The highest BCUT2D eigenvalue weighted by molar-refractivity contribution is 6.31. The van der Waals surface area contributed by atoms with Crippen molar-refractivity contribution in [2.24, 2.45) is 5.73 Å². The van der Waals surface area contributed by atoms with Gasteiger partial charge < -0.3 is 5.73 Å². The molecule has 1 atom stereocenters. The van der Waals surface area contributed by atoms with Crippen molar-refractivity contribution in [3.63, 3.8) is 0 Å². The molecule has 6 heteroatoms. The summed E-state index contributed by atoms with van der Waals surface area (Å²) in [5.74, 6) is 0. The maximum absolute atomic E-state index is 12.4. The summed E-state index contributed by atoms with van der Waals surface area (Å²) in [6.45, 7) is 3.51. The van der Waals surface area contributed by atoms with Crippen LogP contribution in [0.25, 0.3) is 0 Å². The van der Waals surface area contributed by atoms with Crippen LogP contribution in [0.5, 0.6) is 0 Å². The van der Waals surface area contributed by atoms with Crippen molar-refractivity contribution >= 4 is 24.0 Å². The molecule has 0 amide bonds. The number of benzene rings is 1. The molecule has 0 spiro atoms. The van der Waals surface area contributed by atoms with E-state index in [1.807, 2.05) is 0 Å². The van der Waals surface area contributed by atoms with Gasteiger partial charge in [0.05, 0.1) is 10.6 Å². The molecule has 1 nitrogen and oxygen atoms in total. The van der Waals surface area contributed by atoms with Crippen molar-refractivity contribution in [2.75, 3.05) is 0 Å². The van der Waals surface area contributed by atoms with Crippen LogP contribution in [0.15, 0.2) is 30.9 Å². The second-order valence-electron chi connectivity index (χ2n) is 3.37. The van der Waals surface area contributed by atoms with Gasteiger partial charge in [0.1, 0.15) is 0 Å². The van der Waals surface area contributed by atoms with Crippen LogP contribution >= 0.6 is 24.0 Å². The van der Waals surface area contributed by atoms with Gasteiger partial charge >= 0.3 is 6.18 Å². The number of nitrogens with two attached hydrogens (primary N) is 1. The van der Waals surface area contributed by atoms with Gasteiger partial charge in [0, 0.05) is 6.04 Å². The van der Waals surface area contributed by atoms with E-state index in [0.29, 0.717) is 12.0 Å².